The molecule has 7 nitrogen and oxygen atoms in total. The van der Waals surface area contributed by atoms with E-state index >= 15 is 0 Å². The first-order valence-electron chi connectivity index (χ1n) is 14.7. The molecule has 210 valence electrons. The van der Waals surface area contributed by atoms with E-state index in [-0.39, 0.29) is 17.8 Å². The number of ether oxygens (including phenoxy) is 2. The number of esters is 1. The van der Waals surface area contributed by atoms with Gasteiger partial charge in [0.2, 0.25) is 0 Å². The molecule has 7 heteroatoms. The predicted octanol–water partition coefficient (Wildman–Crippen LogP) is 6.60. The third-order valence-corrected chi connectivity index (χ3v) is 7.40. The second-order valence-corrected chi connectivity index (χ2v) is 10.7. The Morgan fingerprint density at radius 3 is 2.59 bits per heavy atom. The number of hydrogen-bond donors (Lipinski definition) is 1. The lowest BCUT2D eigenvalue weighted by Gasteiger charge is -2.25. The standard InChI is InChI=1S/C32H43N3O4/c1-2-3-4-5-6-10-19-38-31(36)21-26-20-27-13-14-28(22-30(27)39-24-26)32(37)34-29-15-11-25(12-16-29)23-33-35-17-8-7-9-18-35/h11-16,22-23,26H,2-10,17-21,24H2,1H3,(H,34,37). The molecular weight excluding hydrogens is 490 g/mol. The maximum absolute atomic E-state index is 12.9. The Bertz CT molecular complexity index is 1090. The molecule has 0 aromatic heterocycles. The van der Waals surface area contributed by atoms with Crippen LogP contribution < -0.4 is 10.1 Å². The van der Waals surface area contributed by atoms with Gasteiger partial charge >= 0.3 is 5.97 Å². The minimum Gasteiger partial charge on any atom is -0.493 e. The molecule has 0 aliphatic carbocycles. The minimum atomic E-state index is -0.184. The van der Waals surface area contributed by atoms with Crippen LogP contribution in [0.2, 0.25) is 0 Å². The van der Waals surface area contributed by atoms with E-state index in [1.807, 2.05) is 42.6 Å². The summed E-state index contributed by atoms with van der Waals surface area (Å²) in [7, 11) is 0. The number of hydrazone groups is 1. The van der Waals surface area contributed by atoms with E-state index in [9.17, 15) is 9.59 Å². The monoisotopic (exact) mass is 533 g/mol. The van der Waals surface area contributed by atoms with Gasteiger partial charge in [0.15, 0.2) is 0 Å². The van der Waals surface area contributed by atoms with Gasteiger partial charge in [-0.3, -0.25) is 14.6 Å². The number of anilines is 1. The summed E-state index contributed by atoms with van der Waals surface area (Å²) in [6, 6.07) is 13.2. The molecule has 0 saturated carbocycles. The molecule has 1 atom stereocenters. The molecule has 0 spiro atoms. The van der Waals surface area contributed by atoms with Crippen molar-refractivity contribution in [2.45, 2.75) is 77.6 Å². The molecule has 2 heterocycles. The topological polar surface area (TPSA) is 80.2 Å². The summed E-state index contributed by atoms with van der Waals surface area (Å²) in [5, 5.41) is 9.64. The van der Waals surface area contributed by atoms with Crippen molar-refractivity contribution in [3.05, 3.63) is 59.2 Å². The van der Waals surface area contributed by atoms with Crippen LogP contribution in [0.1, 0.15) is 92.6 Å². The van der Waals surface area contributed by atoms with Gasteiger partial charge in [-0.1, -0.05) is 57.2 Å². The molecule has 0 radical (unpaired) electrons. The van der Waals surface area contributed by atoms with Gasteiger partial charge in [0, 0.05) is 30.3 Å². The van der Waals surface area contributed by atoms with Crippen LogP contribution in [0.15, 0.2) is 47.6 Å². The van der Waals surface area contributed by atoms with E-state index in [1.54, 1.807) is 6.07 Å². The fraction of sp³-hybridized carbons (Fsp3) is 0.531. The number of hydrogen-bond acceptors (Lipinski definition) is 6. The van der Waals surface area contributed by atoms with Crippen LogP contribution in [0.5, 0.6) is 5.75 Å². The second kappa shape index (κ2) is 15.3. The maximum atomic E-state index is 12.9. The highest BCUT2D eigenvalue weighted by Crippen LogP contribution is 2.30. The third kappa shape index (κ3) is 9.41. The van der Waals surface area contributed by atoms with Gasteiger partial charge in [0.1, 0.15) is 5.75 Å². The number of carbonyl (C=O) groups excluding carboxylic acids is 2. The van der Waals surface area contributed by atoms with Crippen molar-refractivity contribution < 1.29 is 19.1 Å². The highest BCUT2D eigenvalue weighted by atomic mass is 16.5. The second-order valence-electron chi connectivity index (χ2n) is 10.7. The normalized spacial score (nSPS) is 16.9. The molecule has 2 aliphatic rings. The average molecular weight is 534 g/mol. The summed E-state index contributed by atoms with van der Waals surface area (Å²) in [6.07, 6.45) is 13.7. The Labute approximate surface area is 233 Å². The van der Waals surface area contributed by atoms with E-state index < -0.39 is 0 Å². The molecule has 1 N–H and O–H groups in total. The molecule has 1 unspecified atom stereocenters. The predicted molar refractivity (Wildman–Crippen MR) is 155 cm³/mol. The fourth-order valence-electron chi connectivity index (χ4n) is 5.07. The number of unbranched alkanes of at least 4 members (excludes halogenated alkanes) is 5. The first-order valence-corrected chi connectivity index (χ1v) is 14.7. The number of benzene rings is 2. The van der Waals surface area contributed by atoms with Crippen molar-refractivity contribution >= 4 is 23.8 Å². The summed E-state index contributed by atoms with van der Waals surface area (Å²) >= 11 is 0. The van der Waals surface area contributed by atoms with Crippen LogP contribution in [0.4, 0.5) is 5.69 Å². The van der Waals surface area contributed by atoms with Crippen molar-refractivity contribution in [3.63, 3.8) is 0 Å². The fourth-order valence-corrected chi connectivity index (χ4v) is 5.07. The first kappa shape index (κ1) is 28.7. The largest absolute Gasteiger partial charge is 0.493 e. The van der Waals surface area contributed by atoms with Crippen LogP contribution >= 0.6 is 0 Å². The number of rotatable bonds is 13. The van der Waals surface area contributed by atoms with Crippen LogP contribution in [-0.4, -0.2) is 49.4 Å². The molecule has 1 fully saturated rings. The molecule has 2 aromatic carbocycles. The Morgan fingerprint density at radius 2 is 1.79 bits per heavy atom. The van der Waals surface area contributed by atoms with Crippen molar-refractivity contribution in [3.8, 4) is 5.75 Å². The molecule has 2 aliphatic heterocycles. The minimum absolute atomic E-state index is 0.0891. The molecule has 2 aromatic rings. The van der Waals surface area contributed by atoms with Crippen molar-refractivity contribution in [1.82, 2.24) is 5.01 Å². The summed E-state index contributed by atoms with van der Waals surface area (Å²) in [4.78, 5) is 25.1. The quantitative estimate of drug-likeness (QED) is 0.178. The van der Waals surface area contributed by atoms with Gasteiger partial charge in [0.25, 0.3) is 5.91 Å². The summed E-state index contributed by atoms with van der Waals surface area (Å²) in [6.45, 7) is 5.19. The van der Waals surface area contributed by atoms with Crippen LogP contribution in [0, 0.1) is 5.92 Å². The zero-order valence-corrected chi connectivity index (χ0v) is 23.3. The summed E-state index contributed by atoms with van der Waals surface area (Å²) in [5.74, 6) is 0.465. The van der Waals surface area contributed by atoms with Crippen LogP contribution in [0.25, 0.3) is 0 Å². The maximum Gasteiger partial charge on any atom is 0.306 e. The SMILES string of the molecule is CCCCCCCCOC(=O)CC1COc2cc(C(=O)Nc3ccc(C=NN4CCCCC4)cc3)ccc2C1. The Morgan fingerprint density at radius 1 is 1.03 bits per heavy atom. The van der Waals surface area contributed by atoms with Gasteiger partial charge in [-0.15, -0.1) is 0 Å². The van der Waals surface area contributed by atoms with E-state index in [2.05, 4.69) is 22.4 Å². The molecule has 1 amide bonds. The van der Waals surface area contributed by atoms with Crippen molar-refractivity contribution in [1.29, 1.82) is 0 Å². The number of nitrogens with one attached hydrogen (secondary N) is 1. The smallest absolute Gasteiger partial charge is 0.306 e. The molecular formula is C32H43N3O4. The van der Waals surface area contributed by atoms with E-state index in [0.29, 0.717) is 30.9 Å². The highest BCUT2D eigenvalue weighted by Gasteiger charge is 2.24. The van der Waals surface area contributed by atoms with Gasteiger partial charge in [-0.2, -0.15) is 5.10 Å². The molecule has 39 heavy (non-hydrogen) atoms. The van der Waals surface area contributed by atoms with Crippen molar-refractivity contribution in [2.75, 3.05) is 31.6 Å². The Balaban J connectivity index is 1.20. The summed E-state index contributed by atoms with van der Waals surface area (Å²) in [5.41, 5.74) is 3.29. The van der Waals surface area contributed by atoms with Gasteiger partial charge < -0.3 is 14.8 Å². The van der Waals surface area contributed by atoms with Crippen LogP contribution in [-0.2, 0) is 16.0 Å². The lowest BCUT2D eigenvalue weighted by atomic mass is 9.93. The van der Waals surface area contributed by atoms with Gasteiger partial charge in [-0.25, -0.2) is 0 Å². The summed E-state index contributed by atoms with van der Waals surface area (Å²) < 4.78 is 11.4. The van der Waals surface area contributed by atoms with Crippen LogP contribution in [0.3, 0.4) is 0 Å². The third-order valence-electron chi connectivity index (χ3n) is 7.40. The van der Waals surface area contributed by atoms with E-state index in [4.69, 9.17) is 9.47 Å². The average Bonchev–Trinajstić information content (AvgIpc) is 2.96. The van der Waals surface area contributed by atoms with E-state index in [0.717, 1.165) is 49.2 Å². The molecule has 1 saturated heterocycles. The zero-order chi connectivity index (χ0) is 27.3. The Hall–Kier alpha value is -3.35. The first-order chi connectivity index (χ1) is 19.1. The van der Waals surface area contributed by atoms with Gasteiger partial charge in [-0.05, 0) is 67.5 Å². The van der Waals surface area contributed by atoms with Crippen molar-refractivity contribution in [2.24, 2.45) is 11.0 Å². The number of nitrogens with zero attached hydrogens (tertiary/aromatic N) is 2. The lowest BCUT2D eigenvalue weighted by Crippen LogP contribution is -2.25. The number of amides is 1. The number of carbonyl (C=O) groups is 2. The number of fused-ring (bicyclic) bond motifs is 1. The van der Waals surface area contributed by atoms with E-state index in [1.165, 1.54) is 44.9 Å². The molecule has 0 bridgehead atoms. The highest BCUT2D eigenvalue weighted by molar-refractivity contribution is 6.04. The Kier molecular flexibility index (Phi) is 11.2. The lowest BCUT2D eigenvalue weighted by molar-refractivity contribution is -0.145. The molecule has 4 rings (SSSR count). The van der Waals surface area contributed by atoms with Gasteiger partial charge in [0.05, 0.1) is 25.8 Å². The zero-order valence-electron chi connectivity index (χ0n) is 23.3. The number of piperidine rings is 1.